The van der Waals surface area contributed by atoms with Gasteiger partial charge in [0.2, 0.25) is 0 Å². The third kappa shape index (κ3) is 5.99. The van der Waals surface area contributed by atoms with Crippen LogP contribution in [0.2, 0.25) is 0 Å². The van der Waals surface area contributed by atoms with Gasteiger partial charge in [0.15, 0.2) is 0 Å². The summed E-state index contributed by atoms with van der Waals surface area (Å²) in [4.78, 5) is 1.94. The average molecular weight is 450 g/mol. The molecule has 0 fully saturated rings. The van der Waals surface area contributed by atoms with E-state index in [-0.39, 0.29) is 5.84 Å². The summed E-state index contributed by atoms with van der Waals surface area (Å²) in [6, 6.07) is 16.8. The van der Waals surface area contributed by atoms with E-state index in [9.17, 15) is 5.11 Å². The van der Waals surface area contributed by atoms with Gasteiger partial charge in [0.25, 0.3) is 0 Å². The van der Waals surface area contributed by atoms with Crippen LogP contribution in [0.1, 0.15) is 73.1 Å². The van der Waals surface area contributed by atoms with Crippen LogP contribution in [0.3, 0.4) is 0 Å². The summed E-state index contributed by atoms with van der Waals surface area (Å²) in [5, 5.41) is 21.7. The Bertz CT molecular complexity index is 1040. The van der Waals surface area contributed by atoms with Gasteiger partial charge in [-0.15, -0.1) is 11.3 Å². The number of rotatable bonds is 10. The maximum Gasteiger partial charge on any atom is 0.133 e. The van der Waals surface area contributed by atoms with E-state index in [0.717, 1.165) is 52.4 Å². The summed E-state index contributed by atoms with van der Waals surface area (Å²) < 4.78 is 0. The number of aryl methyl sites for hydroxylation is 1. The van der Waals surface area contributed by atoms with E-state index < -0.39 is 0 Å². The molecule has 3 aromatic rings. The van der Waals surface area contributed by atoms with Crippen molar-refractivity contribution in [2.24, 2.45) is 5.73 Å². The number of phenols is 1. The monoisotopic (exact) mass is 449 g/mol. The van der Waals surface area contributed by atoms with E-state index in [1.54, 1.807) is 11.3 Å². The molecule has 2 aromatic carbocycles. The van der Waals surface area contributed by atoms with Crippen LogP contribution in [0.4, 0.5) is 0 Å². The minimum absolute atomic E-state index is 0.119. The smallest absolute Gasteiger partial charge is 0.133 e. The highest BCUT2D eigenvalue weighted by Gasteiger charge is 2.15. The number of thiophene rings is 1. The molecule has 1 aromatic heterocycles. The highest BCUT2D eigenvalue weighted by molar-refractivity contribution is 7.17. The van der Waals surface area contributed by atoms with Crippen LogP contribution in [0.25, 0.3) is 10.4 Å². The molecule has 170 valence electrons. The van der Waals surface area contributed by atoms with Gasteiger partial charge in [-0.05, 0) is 77.2 Å². The second kappa shape index (κ2) is 10.8. The average Bonchev–Trinajstić information content (AvgIpc) is 3.25. The molecule has 0 amide bonds. The molecule has 0 unspecified atom stereocenters. The van der Waals surface area contributed by atoms with Gasteiger partial charge in [-0.1, -0.05) is 58.0 Å². The minimum atomic E-state index is 0.119. The third-order valence-electron chi connectivity index (χ3n) is 5.70. The van der Waals surface area contributed by atoms with E-state index in [1.807, 2.05) is 12.1 Å². The number of nitrogens with two attached hydrogens (primary N) is 1. The zero-order chi connectivity index (χ0) is 23.3. The van der Waals surface area contributed by atoms with Gasteiger partial charge in [-0.3, -0.25) is 5.41 Å². The Kier molecular flexibility index (Phi) is 8.10. The Labute approximate surface area is 196 Å². The molecule has 0 aliphatic rings. The summed E-state index contributed by atoms with van der Waals surface area (Å²) in [5.41, 5.74) is 11.4. The molecule has 4 nitrogen and oxygen atoms in total. The lowest BCUT2D eigenvalue weighted by atomic mass is 9.90. The van der Waals surface area contributed by atoms with Crippen LogP contribution in [0.15, 0.2) is 48.5 Å². The molecule has 0 atom stereocenters. The number of nitrogens with one attached hydrogen (secondary N) is 2. The fourth-order valence-electron chi connectivity index (χ4n) is 3.89. The van der Waals surface area contributed by atoms with E-state index >= 15 is 0 Å². The van der Waals surface area contributed by atoms with Crippen LogP contribution < -0.4 is 11.1 Å². The molecule has 0 radical (unpaired) electrons. The fraction of sp³-hybridized carbons (Fsp3) is 0.370. The zero-order valence-corrected chi connectivity index (χ0v) is 20.4. The topological polar surface area (TPSA) is 82.1 Å². The molecule has 0 spiro atoms. The first-order valence-electron chi connectivity index (χ1n) is 11.4. The molecule has 3 rings (SSSR count). The normalized spacial score (nSPS) is 11.4. The summed E-state index contributed by atoms with van der Waals surface area (Å²) in [7, 11) is 0. The number of aromatic hydroxyl groups is 1. The Morgan fingerprint density at radius 1 is 1.00 bits per heavy atom. The van der Waals surface area contributed by atoms with Crippen molar-refractivity contribution in [1.29, 1.82) is 5.41 Å². The van der Waals surface area contributed by atoms with Crippen molar-refractivity contribution in [3.63, 3.8) is 0 Å². The SMILES string of the molecule is CC(C)c1cc(CCCNCc2cccc(-c3ccc(C(=N)N)s3)c2)cc(C(C)C)c1O. The van der Waals surface area contributed by atoms with Gasteiger partial charge in [0, 0.05) is 11.4 Å². The molecule has 0 aliphatic heterocycles. The van der Waals surface area contributed by atoms with Crippen LogP contribution in [-0.4, -0.2) is 17.5 Å². The van der Waals surface area contributed by atoms with Crippen molar-refractivity contribution in [2.45, 2.75) is 58.9 Å². The molecular formula is C27H35N3OS. The molecular weight excluding hydrogens is 414 g/mol. The van der Waals surface area contributed by atoms with Crippen LogP contribution >= 0.6 is 11.3 Å². The van der Waals surface area contributed by atoms with Crippen LogP contribution in [0.5, 0.6) is 5.75 Å². The largest absolute Gasteiger partial charge is 0.507 e. The lowest BCUT2D eigenvalue weighted by Gasteiger charge is -2.17. The van der Waals surface area contributed by atoms with Gasteiger partial charge >= 0.3 is 0 Å². The number of benzene rings is 2. The quantitative estimate of drug-likeness (QED) is 0.165. The van der Waals surface area contributed by atoms with Crippen molar-refractivity contribution >= 4 is 17.2 Å². The fourth-order valence-corrected chi connectivity index (χ4v) is 4.76. The number of phenolic OH excluding ortho intramolecular Hbond substituents is 1. The Hall–Kier alpha value is -2.63. The van der Waals surface area contributed by atoms with Gasteiger partial charge < -0.3 is 16.2 Å². The lowest BCUT2D eigenvalue weighted by Crippen LogP contribution is -2.15. The summed E-state index contributed by atoms with van der Waals surface area (Å²) in [6.07, 6.45) is 2.04. The van der Waals surface area contributed by atoms with E-state index in [0.29, 0.717) is 17.6 Å². The Balaban J connectivity index is 1.55. The number of nitrogen functional groups attached to an aromatic ring is 1. The Morgan fingerprint density at radius 2 is 1.69 bits per heavy atom. The zero-order valence-electron chi connectivity index (χ0n) is 19.5. The van der Waals surface area contributed by atoms with Gasteiger partial charge in [-0.2, -0.15) is 0 Å². The highest BCUT2D eigenvalue weighted by Crippen LogP contribution is 2.35. The van der Waals surface area contributed by atoms with Crippen molar-refractivity contribution in [3.8, 4) is 16.2 Å². The third-order valence-corrected chi connectivity index (χ3v) is 6.87. The summed E-state index contributed by atoms with van der Waals surface area (Å²) in [5.74, 6) is 1.21. The number of hydrogen-bond acceptors (Lipinski definition) is 4. The van der Waals surface area contributed by atoms with Crippen molar-refractivity contribution in [1.82, 2.24) is 5.32 Å². The maximum absolute atomic E-state index is 10.6. The van der Waals surface area contributed by atoms with Gasteiger partial charge in [0.1, 0.15) is 11.6 Å². The van der Waals surface area contributed by atoms with E-state index in [1.165, 1.54) is 11.1 Å². The predicted molar refractivity (Wildman–Crippen MR) is 137 cm³/mol. The molecule has 0 saturated carbocycles. The molecule has 1 heterocycles. The molecule has 32 heavy (non-hydrogen) atoms. The van der Waals surface area contributed by atoms with Crippen LogP contribution in [-0.2, 0) is 13.0 Å². The van der Waals surface area contributed by atoms with Crippen LogP contribution in [0, 0.1) is 5.41 Å². The lowest BCUT2D eigenvalue weighted by molar-refractivity contribution is 0.454. The predicted octanol–water partition coefficient (Wildman–Crippen LogP) is 6.37. The minimum Gasteiger partial charge on any atom is -0.507 e. The van der Waals surface area contributed by atoms with Crippen molar-refractivity contribution < 1.29 is 5.11 Å². The second-order valence-corrected chi connectivity index (χ2v) is 10.1. The van der Waals surface area contributed by atoms with Gasteiger partial charge in [0.05, 0.1) is 4.88 Å². The first-order valence-corrected chi connectivity index (χ1v) is 12.2. The van der Waals surface area contributed by atoms with Crippen molar-refractivity contribution in [3.05, 3.63) is 75.7 Å². The molecule has 0 saturated heterocycles. The second-order valence-electron chi connectivity index (χ2n) is 8.99. The highest BCUT2D eigenvalue weighted by atomic mass is 32.1. The molecule has 5 N–H and O–H groups in total. The number of amidine groups is 1. The van der Waals surface area contributed by atoms with E-state index in [2.05, 4.69) is 69.4 Å². The number of hydrogen-bond donors (Lipinski definition) is 4. The van der Waals surface area contributed by atoms with Crippen molar-refractivity contribution in [2.75, 3.05) is 6.54 Å². The van der Waals surface area contributed by atoms with Gasteiger partial charge in [-0.25, -0.2) is 0 Å². The van der Waals surface area contributed by atoms with E-state index in [4.69, 9.17) is 11.1 Å². The maximum atomic E-state index is 10.6. The standard InChI is InChI=1S/C27H35N3OS/c1-17(2)22-14-19(15-23(18(3)4)26(22)31)8-6-12-30-16-20-7-5-9-21(13-20)24-10-11-25(32-24)27(28)29/h5,7,9-11,13-15,17-18,30-31H,6,8,12,16H2,1-4H3,(H3,28,29). The molecule has 5 heteroatoms. The molecule has 0 aliphatic carbocycles. The summed E-state index contributed by atoms with van der Waals surface area (Å²) >= 11 is 1.55. The summed E-state index contributed by atoms with van der Waals surface area (Å²) in [6.45, 7) is 10.3. The Morgan fingerprint density at radius 3 is 2.28 bits per heavy atom. The first kappa shape index (κ1) is 24.0. The first-order chi connectivity index (χ1) is 15.3. The molecule has 0 bridgehead atoms.